The van der Waals surface area contributed by atoms with Crippen LogP contribution in [0.25, 0.3) is 0 Å². The third-order valence-corrected chi connectivity index (χ3v) is 3.16. The number of aryl methyl sites for hydroxylation is 3. The van der Waals surface area contributed by atoms with Gasteiger partial charge in [0.15, 0.2) is 5.76 Å². The van der Waals surface area contributed by atoms with Crippen LogP contribution in [0.1, 0.15) is 34.6 Å². The van der Waals surface area contributed by atoms with Crippen LogP contribution in [0.4, 0.5) is 0 Å². The average molecular weight is 261 g/mol. The lowest BCUT2D eigenvalue weighted by atomic mass is 10.2. The van der Waals surface area contributed by atoms with Crippen molar-refractivity contribution in [1.29, 1.82) is 0 Å². The van der Waals surface area contributed by atoms with Crippen molar-refractivity contribution in [1.82, 2.24) is 14.5 Å². The number of hydrogen-bond donors (Lipinski definition) is 0. The lowest BCUT2D eigenvalue weighted by Gasteiger charge is -2.15. The van der Waals surface area contributed by atoms with Gasteiger partial charge in [-0.05, 0) is 13.0 Å². The van der Waals surface area contributed by atoms with Crippen LogP contribution >= 0.6 is 0 Å². The number of carbonyl (C=O) groups excluding carboxylic acids is 1. The Bertz CT molecular complexity index is 583. The topological polar surface area (TPSA) is 51.3 Å². The van der Waals surface area contributed by atoms with Crippen molar-refractivity contribution in [2.24, 2.45) is 7.05 Å². The summed E-state index contributed by atoms with van der Waals surface area (Å²) in [6, 6.07) is 1.92. The maximum absolute atomic E-state index is 12.3. The molecule has 0 aliphatic heterocycles. The van der Waals surface area contributed by atoms with Gasteiger partial charge in [0.25, 0.3) is 5.91 Å². The fourth-order valence-electron chi connectivity index (χ4n) is 1.94. The normalized spacial score (nSPS) is 10.7. The van der Waals surface area contributed by atoms with E-state index in [1.807, 2.05) is 37.7 Å². The van der Waals surface area contributed by atoms with E-state index in [1.54, 1.807) is 18.1 Å². The first-order chi connectivity index (χ1) is 9.02. The standard InChI is InChI=1S/C14H19N3O2/c1-5-11-8-10(2)13(19-11)14(18)17(4)9-12-15-6-7-16(12)3/h6-8H,5,9H2,1-4H3. The van der Waals surface area contributed by atoms with E-state index in [2.05, 4.69) is 4.98 Å². The zero-order valence-corrected chi connectivity index (χ0v) is 11.8. The molecule has 2 rings (SSSR count). The van der Waals surface area contributed by atoms with Gasteiger partial charge in [-0.1, -0.05) is 6.92 Å². The Kier molecular flexibility index (Phi) is 3.74. The summed E-state index contributed by atoms with van der Waals surface area (Å²) in [5.74, 6) is 2.00. The zero-order chi connectivity index (χ0) is 14.0. The summed E-state index contributed by atoms with van der Waals surface area (Å²) in [6.45, 7) is 4.36. The van der Waals surface area contributed by atoms with Gasteiger partial charge in [0.05, 0.1) is 6.54 Å². The second-order valence-electron chi connectivity index (χ2n) is 4.69. The van der Waals surface area contributed by atoms with E-state index < -0.39 is 0 Å². The molecule has 0 aromatic carbocycles. The van der Waals surface area contributed by atoms with Gasteiger partial charge < -0.3 is 13.9 Å². The number of nitrogens with zero attached hydrogens (tertiary/aromatic N) is 3. The van der Waals surface area contributed by atoms with Crippen molar-refractivity contribution in [2.45, 2.75) is 26.8 Å². The van der Waals surface area contributed by atoms with Gasteiger partial charge in [-0.25, -0.2) is 4.98 Å². The molecule has 102 valence electrons. The molecule has 0 N–H and O–H groups in total. The van der Waals surface area contributed by atoms with Gasteiger partial charge in [0.1, 0.15) is 11.6 Å². The van der Waals surface area contributed by atoms with Crippen LogP contribution < -0.4 is 0 Å². The summed E-state index contributed by atoms with van der Waals surface area (Å²) >= 11 is 0. The largest absolute Gasteiger partial charge is 0.456 e. The Morgan fingerprint density at radius 3 is 2.79 bits per heavy atom. The molecule has 0 aliphatic rings. The molecule has 0 spiro atoms. The molecule has 5 nitrogen and oxygen atoms in total. The van der Waals surface area contributed by atoms with Crippen LogP contribution in [-0.2, 0) is 20.0 Å². The molecule has 0 saturated carbocycles. The van der Waals surface area contributed by atoms with E-state index in [9.17, 15) is 4.79 Å². The van der Waals surface area contributed by atoms with Gasteiger partial charge in [0, 0.05) is 38.5 Å². The number of amides is 1. The Morgan fingerprint density at radius 2 is 2.26 bits per heavy atom. The van der Waals surface area contributed by atoms with E-state index in [0.717, 1.165) is 23.6 Å². The molecule has 0 fully saturated rings. The fraction of sp³-hybridized carbons (Fsp3) is 0.429. The summed E-state index contributed by atoms with van der Waals surface area (Å²) < 4.78 is 7.48. The lowest BCUT2D eigenvalue weighted by Crippen LogP contribution is -2.27. The number of aromatic nitrogens is 2. The minimum atomic E-state index is -0.111. The first kappa shape index (κ1) is 13.4. The van der Waals surface area contributed by atoms with E-state index in [1.165, 1.54) is 0 Å². The zero-order valence-electron chi connectivity index (χ0n) is 11.8. The van der Waals surface area contributed by atoms with Gasteiger partial charge in [0.2, 0.25) is 0 Å². The highest BCUT2D eigenvalue weighted by molar-refractivity contribution is 5.92. The van der Waals surface area contributed by atoms with E-state index in [0.29, 0.717) is 12.3 Å². The molecule has 19 heavy (non-hydrogen) atoms. The Morgan fingerprint density at radius 1 is 1.53 bits per heavy atom. The van der Waals surface area contributed by atoms with Crippen LogP contribution in [0, 0.1) is 6.92 Å². The SMILES string of the molecule is CCc1cc(C)c(C(=O)N(C)Cc2nccn2C)o1. The summed E-state index contributed by atoms with van der Waals surface area (Å²) in [4.78, 5) is 18.2. The highest BCUT2D eigenvalue weighted by Crippen LogP contribution is 2.17. The number of carbonyl (C=O) groups is 1. The summed E-state index contributed by atoms with van der Waals surface area (Å²) in [7, 11) is 3.67. The lowest BCUT2D eigenvalue weighted by molar-refractivity contribution is 0.0746. The van der Waals surface area contributed by atoms with Crippen molar-refractivity contribution in [3.63, 3.8) is 0 Å². The first-order valence-corrected chi connectivity index (χ1v) is 6.34. The second kappa shape index (κ2) is 5.30. The molecule has 0 unspecified atom stereocenters. The van der Waals surface area contributed by atoms with E-state index in [4.69, 9.17) is 4.42 Å². The van der Waals surface area contributed by atoms with E-state index >= 15 is 0 Å². The van der Waals surface area contributed by atoms with Gasteiger partial charge in [-0.2, -0.15) is 0 Å². The van der Waals surface area contributed by atoms with Crippen LogP contribution in [0.5, 0.6) is 0 Å². The number of furan rings is 1. The third-order valence-electron chi connectivity index (χ3n) is 3.16. The van der Waals surface area contributed by atoms with Crippen molar-refractivity contribution >= 4 is 5.91 Å². The van der Waals surface area contributed by atoms with Crippen molar-refractivity contribution in [3.05, 3.63) is 41.4 Å². The monoisotopic (exact) mass is 261 g/mol. The maximum atomic E-state index is 12.3. The van der Waals surface area contributed by atoms with Crippen LogP contribution in [0.2, 0.25) is 0 Å². The molecule has 1 amide bonds. The third kappa shape index (κ3) is 2.70. The number of hydrogen-bond acceptors (Lipinski definition) is 3. The van der Waals surface area contributed by atoms with Crippen molar-refractivity contribution < 1.29 is 9.21 Å². The molecule has 2 aromatic heterocycles. The molecule has 2 heterocycles. The van der Waals surface area contributed by atoms with Crippen molar-refractivity contribution in [3.8, 4) is 0 Å². The molecule has 0 bridgehead atoms. The Labute approximate surface area is 112 Å². The summed E-state index contributed by atoms with van der Waals surface area (Å²) in [5, 5.41) is 0. The smallest absolute Gasteiger partial charge is 0.289 e. The predicted octanol–water partition coefficient (Wildman–Crippen LogP) is 2.16. The highest BCUT2D eigenvalue weighted by Gasteiger charge is 2.20. The molecule has 0 aliphatic carbocycles. The number of imidazole rings is 1. The summed E-state index contributed by atoms with van der Waals surface area (Å²) in [6.07, 6.45) is 4.37. The minimum absolute atomic E-state index is 0.111. The highest BCUT2D eigenvalue weighted by atomic mass is 16.4. The van der Waals surface area contributed by atoms with E-state index in [-0.39, 0.29) is 5.91 Å². The van der Waals surface area contributed by atoms with Gasteiger partial charge in [-0.3, -0.25) is 4.79 Å². The molecule has 2 aromatic rings. The van der Waals surface area contributed by atoms with Crippen molar-refractivity contribution in [2.75, 3.05) is 7.05 Å². The first-order valence-electron chi connectivity index (χ1n) is 6.34. The van der Waals surface area contributed by atoms with Crippen LogP contribution in [0.3, 0.4) is 0 Å². The minimum Gasteiger partial charge on any atom is -0.456 e. The molecule has 5 heteroatoms. The fourth-order valence-corrected chi connectivity index (χ4v) is 1.94. The number of rotatable bonds is 4. The molecule has 0 radical (unpaired) electrons. The molecular formula is C14H19N3O2. The molecule has 0 atom stereocenters. The average Bonchev–Trinajstić information content (AvgIpc) is 2.95. The van der Waals surface area contributed by atoms with Gasteiger partial charge >= 0.3 is 0 Å². The Balaban J connectivity index is 2.14. The Hall–Kier alpha value is -2.04. The van der Waals surface area contributed by atoms with Gasteiger partial charge in [-0.15, -0.1) is 0 Å². The maximum Gasteiger partial charge on any atom is 0.289 e. The van der Waals surface area contributed by atoms with Crippen LogP contribution in [-0.4, -0.2) is 27.4 Å². The molecular weight excluding hydrogens is 242 g/mol. The predicted molar refractivity (Wildman–Crippen MR) is 71.8 cm³/mol. The quantitative estimate of drug-likeness (QED) is 0.847. The molecule has 0 saturated heterocycles. The second-order valence-corrected chi connectivity index (χ2v) is 4.69. The van der Waals surface area contributed by atoms with Crippen LogP contribution in [0.15, 0.2) is 22.9 Å². The summed E-state index contributed by atoms with van der Waals surface area (Å²) in [5.41, 5.74) is 0.883.